The number of esters is 1. The first kappa shape index (κ1) is 19.6. The molecule has 1 atom stereocenters. The lowest BCUT2D eigenvalue weighted by Gasteiger charge is -2.19. The van der Waals surface area contributed by atoms with Gasteiger partial charge < -0.3 is 15.0 Å². The fraction of sp³-hybridized carbons (Fsp3) is 0.318. The predicted molar refractivity (Wildman–Crippen MR) is 107 cm³/mol. The van der Waals surface area contributed by atoms with Crippen LogP contribution < -0.4 is 10.2 Å². The maximum Gasteiger partial charge on any atom is 0.338 e. The Kier molecular flexibility index (Phi) is 6.09. The summed E-state index contributed by atoms with van der Waals surface area (Å²) >= 11 is 0. The van der Waals surface area contributed by atoms with Crippen molar-refractivity contribution in [1.29, 1.82) is 0 Å². The van der Waals surface area contributed by atoms with Crippen molar-refractivity contribution in [2.45, 2.75) is 26.7 Å². The molecule has 2 aromatic carbocycles. The number of nitrogens with zero attached hydrogens (tertiary/aromatic N) is 1. The number of anilines is 2. The molecule has 6 nitrogen and oxygen atoms in total. The van der Waals surface area contributed by atoms with Crippen LogP contribution in [0, 0.1) is 12.8 Å². The molecule has 0 unspecified atom stereocenters. The van der Waals surface area contributed by atoms with Crippen molar-refractivity contribution in [2.24, 2.45) is 5.92 Å². The number of nitrogens with one attached hydrogen (secondary N) is 1. The molecule has 0 aliphatic carbocycles. The average molecular weight is 380 g/mol. The summed E-state index contributed by atoms with van der Waals surface area (Å²) in [5, 5.41) is 2.83. The quantitative estimate of drug-likeness (QED) is 0.778. The second-order valence-corrected chi connectivity index (χ2v) is 6.89. The molecule has 1 aliphatic rings. The number of rotatable bonds is 6. The van der Waals surface area contributed by atoms with Crippen molar-refractivity contribution >= 4 is 29.2 Å². The van der Waals surface area contributed by atoms with E-state index in [0.717, 1.165) is 17.7 Å². The monoisotopic (exact) mass is 380 g/mol. The van der Waals surface area contributed by atoms with E-state index in [-0.39, 0.29) is 24.2 Å². The van der Waals surface area contributed by atoms with E-state index >= 15 is 0 Å². The third-order valence-electron chi connectivity index (χ3n) is 4.73. The van der Waals surface area contributed by atoms with Crippen LogP contribution >= 0.6 is 0 Å². The smallest absolute Gasteiger partial charge is 0.338 e. The van der Waals surface area contributed by atoms with Crippen molar-refractivity contribution in [3.63, 3.8) is 0 Å². The summed E-state index contributed by atoms with van der Waals surface area (Å²) in [5.74, 6) is -1.05. The lowest BCUT2D eigenvalue weighted by Crippen LogP contribution is -2.28. The molecule has 1 heterocycles. The van der Waals surface area contributed by atoms with Crippen LogP contribution in [0.5, 0.6) is 0 Å². The number of benzene rings is 2. The van der Waals surface area contributed by atoms with E-state index in [9.17, 15) is 14.4 Å². The molecule has 0 aromatic heterocycles. The Labute approximate surface area is 164 Å². The third kappa shape index (κ3) is 4.39. The second kappa shape index (κ2) is 8.69. The first-order valence-corrected chi connectivity index (χ1v) is 9.43. The number of hydrogen-bond donors (Lipinski definition) is 1. The van der Waals surface area contributed by atoms with Crippen molar-refractivity contribution < 1.29 is 19.1 Å². The van der Waals surface area contributed by atoms with Crippen molar-refractivity contribution in [2.75, 3.05) is 23.4 Å². The number of carbonyl (C=O) groups is 3. The molecular weight excluding hydrogens is 356 g/mol. The first-order chi connectivity index (χ1) is 13.5. The Bertz CT molecular complexity index is 876. The SMILES string of the molecule is CCCOC(=O)c1ccc(NC(=O)[C@H]2CC(=O)N(c3ccccc3C)C2)cc1. The lowest BCUT2D eigenvalue weighted by atomic mass is 10.1. The Balaban J connectivity index is 1.62. The Hall–Kier alpha value is -3.15. The maximum atomic E-state index is 12.6. The lowest BCUT2D eigenvalue weighted by molar-refractivity contribution is -0.122. The van der Waals surface area contributed by atoms with Crippen LogP contribution in [0.3, 0.4) is 0 Å². The standard InChI is InChI=1S/C22H24N2O4/c1-3-12-28-22(27)16-8-10-18(11-9-16)23-21(26)17-13-20(25)24(14-17)19-7-5-4-6-15(19)2/h4-11,17H,3,12-14H2,1-2H3,(H,23,26)/t17-/m0/s1. The fourth-order valence-corrected chi connectivity index (χ4v) is 3.19. The summed E-state index contributed by atoms with van der Waals surface area (Å²) in [6.07, 6.45) is 0.946. The normalized spacial score (nSPS) is 16.1. The number of amides is 2. The Morgan fingerprint density at radius 3 is 2.54 bits per heavy atom. The number of ether oxygens (including phenoxy) is 1. The van der Waals surface area contributed by atoms with Gasteiger partial charge in [0.2, 0.25) is 11.8 Å². The third-order valence-corrected chi connectivity index (χ3v) is 4.73. The number of carbonyl (C=O) groups excluding carboxylic acids is 3. The van der Waals surface area contributed by atoms with Crippen LogP contribution in [-0.4, -0.2) is 30.9 Å². The number of aryl methyl sites for hydroxylation is 1. The molecule has 2 aromatic rings. The zero-order valence-corrected chi connectivity index (χ0v) is 16.1. The van der Waals surface area contributed by atoms with Gasteiger partial charge in [-0.1, -0.05) is 25.1 Å². The van der Waals surface area contributed by atoms with E-state index in [1.54, 1.807) is 29.2 Å². The average Bonchev–Trinajstić information content (AvgIpc) is 3.08. The molecule has 1 fully saturated rings. The van der Waals surface area contributed by atoms with Gasteiger partial charge in [0.25, 0.3) is 0 Å². The molecule has 0 radical (unpaired) electrons. The van der Waals surface area contributed by atoms with Gasteiger partial charge in [-0.25, -0.2) is 4.79 Å². The Morgan fingerprint density at radius 1 is 1.14 bits per heavy atom. The fourth-order valence-electron chi connectivity index (χ4n) is 3.19. The van der Waals surface area contributed by atoms with E-state index in [2.05, 4.69) is 5.32 Å². The van der Waals surface area contributed by atoms with Crippen molar-refractivity contribution in [1.82, 2.24) is 0 Å². The molecule has 2 amide bonds. The summed E-state index contributed by atoms with van der Waals surface area (Å²) in [4.78, 5) is 38.5. The minimum absolute atomic E-state index is 0.0523. The maximum absolute atomic E-state index is 12.6. The molecule has 146 valence electrons. The highest BCUT2D eigenvalue weighted by atomic mass is 16.5. The van der Waals surface area contributed by atoms with Crippen LogP contribution in [0.2, 0.25) is 0 Å². The molecule has 0 bridgehead atoms. The van der Waals surface area contributed by atoms with Gasteiger partial charge in [-0.05, 0) is 49.2 Å². The Morgan fingerprint density at radius 2 is 1.86 bits per heavy atom. The molecule has 6 heteroatoms. The largest absolute Gasteiger partial charge is 0.462 e. The van der Waals surface area contributed by atoms with Crippen LogP contribution in [-0.2, 0) is 14.3 Å². The summed E-state index contributed by atoms with van der Waals surface area (Å²) in [7, 11) is 0. The highest BCUT2D eigenvalue weighted by Crippen LogP contribution is 2.28. The molecule has 1 saturated heterocycles. The van der Waals surface area contributed by atoms with Crippen LogP contribution in [0.25, 0.3) is 0 Å². The second-order valence-electron chi connectivity index (χ2n) is 6.89. The van der Waals surface area contributed by atoms with Gasteiger partial charge in [0, 0.05) is 24.3 Å². The first-order valence-electron chi connectivity index (χ1n) is 9.43. The highest BCUT2D eigenvalue weighted by molar-refractivity contribution is 6.04. The summed E-state index contributed by atoms with van der Waals surface area (Å²) in [6, 6.07) is 14.2. The molecule has 3 rings (SSSR count). The number of hydrogen-bond acceptors (Lipinski definition) is 4. The molecular formula is C22H24N2O4. The summed E-state index contributed by atoms with van der Waals surface area (Å²) in [5.41, 5.74) is 2.87. The predicted octanol–water partition coefficient (Wildman–Crippen LogP) is 3.55. The van der Waals surface area contributed by atoms with Crippen LogP contribution in [0.15, 0.2) is 48.5 Å². The van der Waals surface area contributed by atoms with Gasteiger partial charge in [-0.15, -0.1) is 0 Å². The minimum atomic E-state index is -0.415. The van der Waals surface area contributed by atoms with Crippen molar-refractivity contribution in [3.05, 3.63) is 59.7 Å². The van der Waals surface area contributed by atoms with Gasteiger partial charge in [0.15, 0.2) is 0 Å². The summed E-state index contributed by atoms with van der Waals surface area (Å²) in [6.45, 7) is 4.62. The molecule has 0 spiro atoms. The van der Waals surface area contributed by atoms with Crippen LogP contribution in [0.4, 0.5) is 11.4 Å². The van der Waals surface area contributed by atoms with E-state index < -0.39 is 5.92 Å². The van der Waals surface area contributed by atoms with Crippen LogP contribution in [0.1, 0.15) is 35.7 Å². The van der Waals surface area contributed by atoms with Gasteiger partial charge >= 0.3 is 5.97 Å². The minimum Gasteiger partial charge on any atom is -0.462 e. The van der Waals surface area contributed by atoms with Gasteiger partial charge in [0.1, 0.15) is 0 Å². The zero-order valence-electron chi connectivity index (χ0n) is 16.1. The van der Waals surface area contributed by atoms with Crippen molar-refractivity contribution in [3.8, 4) is 0 Å². The van der Waals surface area contributed by atoms with Gasteiger partial charge in [0.05, 0.1) is 18.1 Å². The number of para-hydroxylation sites is 1. The molecule has 1 aliphatic heterocycles. The van der Waals surface area contributed by atoms with E-state index in [1.165, 1.54) is 0 Å². The van der Waals surface area contributed by atoms with E-state index in [0.29, 0.717) is 24.4 Å². The van der Waals surface area contributed by atoms with Gasteiger partial charge in [-0.3, -0.25) is 9.59 Å². The molecule has 28 heavy (non-hydrogen) atoms. The van der Waals surface area contributed by atoms with Gasteiger partial charge in [-0.2, -0.15) is 0 Å². The highest BCUT2D eigenvalue weighted by Gasteiger charge is 2.35. The molecule has 1 N–H and O–H groups in total. The molecule has 0 saturated carbocycles. The topological polar surface area (TPSA) is 75.7 Å². The van der Waals surface area contributed by atoms with E-state index in [1.807, 2.05) is 38.1 Å². The van der Waals surface area contributed by atoms with E-state index in [4.69, 9.17) is 4.74 Å². The zero-order chi connectivity index (χ0) is 20.1. The summed E-state index contributed by atoms with van der Waals surface area (Å²) < 4.78 is 5.09.